The second-order valence-electron chi connectivity index (χ2n) is 1.74. The fraction of sp³-hybridized carbons (Fsp3) is 0.250. The van der Waals surface area contributed by atoms with Crippen LogP contribution in [-0.4, -0.2) is 11.7 Å². The normalized spacial score (nSPS) is 7.09. The highest BCUT2D eigenvalue weighted by atomic mass is 16.3. The van der Waals surface area contributed by atoms with Gasteiger partial charge >= 0.3 is 0 Å². The quantitative estimate of drug-likeness (QED) is 0.532. The van der Waals surface area contributed by atoms with Crippen LogP contribution in [0.5, 0.6) is 5.75 Å². The number of aromatic hydroxyl groups is 1. The summed E-state index contributed by atoms with van der Waals surface area (Å²) in [6, 6.07) is 8.71. The molecule has 64 valence electrons. The molecule has 0 radical (unpaired) electrons. The van der Waals surface area contributed by atoms with Crippen LogP contribution in [0.1, 0.15) is 6.92 Å². The van der Waals surface area contributed by atoms with E-state index < -0.39 is 0 Å². The summed E-state index contributed by atoms with van der Waals surface area (Å²) in [5.74, 6) is 0.322. The molecule has 0 aromatic heterocycles. The first kappa shape index (κ1) is 12.6. The van der Waals surface area contributed by atoms with Gasteiger partial charge in [-0.2, -0.15) is 0 Å². The lowest BCUT2D eigenvalue weighted by Gasteiger charge is -1.82. The van der Waals surface area contributed by atoms with E-state index in [1.807, 2.05) is 13.0 Å². The van der Waals surface area contributed by atoms with Crippen molar-refractivity contribution in [2.45, 2.75) is 6.92 Å². The van der Waals surface area contributed by atoms with E-state index >= 15 is 0 Å². The molecule has 0 heterocycles. The predicted molar refractivity (Wildman–Crippen MR) is 47.9 cm³/mol. The van der Waals surface area contributed by atoms with Gasteiger partial charge in [-0.1, -0.05) is 25.1 Å². The Hall–Kier alpha value is -1.06. The zero-order valence-electron chi connectivity index (χ0n) is 6.83. The van der Waals surface area contributed by atoms with Gasteiger partial charge in [-0.25, -0.2) is 0 Å². The molecule has 1 aromatic carbocycles. The Morgan fingerprint density at radius 3 is 1.82 bits per heavy atom. The van der Waals surface area contributed by atoms with Crippen LogP contribution in [0.3, 0.4) is 0 Å². The van der Waals surface area contributed by atoms with Crippen LogP contribution >= 0.6 is 0 Å². The van der Waals surface area contributed by atoms with E-state index in [-0.39, 0.29) is 6.15 Å². The van der Waals surface area contributed by atoms with Crippen LogP contribution in [0.25, 0.3) is 0 Å². The average Bonchev–Trinajstić information content (AvgIpc) is 1.91. The molecular weight excluding hydrogens is 140 g/mol. The standard InChI is InChI=1S/C6H6O.C2H7N.H3N/c7-6-4-2-1-3-5-6;1-2-3;/h1-5,7H;2-3H2,1H3;1H3. The van der Waals surface area contributed by atoms with Crippen LogP contribution in [-0.2, 0) is 0 Å². The summed E-state index contributed by atoms with van der Waals surface area (Å²) in [7, 11) is 0. The van der Waals surface area contributed by atoms with Crippen LogP contribution in [0, 0.1) is 0 Å². The third-order valence-electron chi connectivity index (χ3n) is 0.756. The fourth-order valence-electron chi connectivity index (χ4n) is 0.428. The number of nitrogens with two attached hydrogens (primary N) is 1. The van der Waals surface area contributed by atoms with Crippen molar-refractivity contribution in [2.75, 3.05) is 6.54 Å². The summed E-state index contributed by atoms with van der Waals surface area (Å²) in [5, 5.41) is 8.63. The zero-order chi connectivity index (χ0) is 7.82. The molecule has 11 heavy (non-hydrogen) atoms. The van der Waals surface area contributed by atoms with Gasteiger partial charge in [0.2, 0.25) is 0 Å². The minimum Gasteiger partial charge on any atom is -0.508 e. The van der Waals surface area contributed by atoms with Crippen LogP contribution < -0.4 is 11.9 Å². The Morgan fingerprint density at radius 1 is 1.27 bits per heavy atom. The van der Waals surface area contributed by atoms with Crippen molar-refractivity contribution in [1.29, 1.82) is 0 Å². The Morgan fingerprint density at radius 2 is 1.64 bits per heavy atom. The van der Waals surface area contributed by atoms with Gasteiger partial charge in [0.1, 0.15) is 5.75 Å². The highest BCUT2D eigenvalue weighted by molar-refractivity contribution is 5.18. The van der Waals surface area contributed by atoms with Crippen LogP contribution in [0.4, 0.5) is 0 Å². The smallest absolute Gasteiger partial charge is 0.115 e. The minimum atomic E-state index is 0. The Bertz CT molecular complexity index is 153. The van der Waals surface area contributed by atoms with Gasteiger partial charge in [0.15, 0.2) is 0 Å². The summed E-state index contributed by atoms with van der Waals surface area (Å²) < 4.78 is 0. The number of hydrogen-bond donors (Lipinski definition) is 3. The molecule has 0 bridgehead atoms. The first-order valence-electron chi connectivity index (χ1n) is 3.25. The maximum absolute atomic E-state index is 8.63. The lowest BCUT2D eigenvalue weighted by atomic mass is 10.3. The molecular formula is C8H16N2O. The zero-order valence-corrected chi connectivity index (χ0v) is 6.83. The molecule has 0 aliphatic heterocycles. The summed E-state index contributed by atoms with van der Waals surface area (Å²) in [5.41, 5.74) is 4.85. The highest BCUT2D eigenvalue weighted by Gasteiger charge is 1.74. The number of rotatable bonds is 0. The number of phenols is 1. The third-order valence-corrected chi connectivity index (χ3v) is 0.756. The molecule has 1 aromatic rings. The Balaban J connectivity index is 0. The van der Waals surface area contributed by atoms with E-state index in [0.29, 0.717) is 5.75 Å². The number of phenolic OH excluding ortho intramolecular Hbond substituents is 1. The van der Waals surface area contributed by atoms with Crippen molar-refractivity contribution in [3.63, 3.8) is 0 Å². The second kappa shape index (κ2) is 8.94. The molecule has 3 heteroatoms. The van der Waals surface area contributed by atoms with Crippen molar-refractivity contribution >= 4 is 0 Å². The van der Waals surface area contributed by atoms with Gasteiger partial charge in [-0.15, -0.1) is 0 Å². The van der Waals surface area contributed by atoms with Gasteiger partial charge in [0, 0.05) is 0 Å². The van der Waals surface area contributed by atoms with E-state index in [1.54, 1.807) is 24.3 Å². The van der Waals surface area contributed by atoms with E-state index in [2.05, 4.69) is 0 Å². The molecule has 6 N–H and O–H groups in total. The van der Waals surface area contributed by atoms with Crippen molar-refractivity contribution in [3.05, 3.63) is 30.3 Å². The van der Waals surface area contributed by atoms with Crippen molar-refractivity contribution < 1.29 is 5.11 Å². The van der Waals surface area contributed by atoms with Crippen molar-refractivity contribution in [1.82, 2.24) is 6.15 Å². The highest BCUT2D eigenvalue weighted by Crippen LogP contribution is 2.02. The van der Waals surface area contributed by atoms with Gasteiger partial charge < -0.3 is 17.0 Å². The SMILES string of the molecule is CCN.N.Oc1ccccc1. The molecule has 0 spiro atoms. The van der Waals surface area contributed by atoms with Crippen molar-refractivity contribution in [3.8, 4) is 5.75 Å². The maximum atomic E-state index is 8.63. The van der Waals surface area contributed by atoms with Crippen LogP contribution in [0.15, 0.2) is 30.3 Å². The third kappa shape index (κ3) is 8.94. The first-order chi connectivity index (χ1) is 4.81. The molecule has 1 rings (SSSR count). The van der Waals surface area contributed by atoms with E-state index in [9.17, 15) is 0 Å². The fourth-order valence-corrected chi connectivity index (χ4v) is 0.428. The van der Waals surface area contributed by atoms with Gasteiger partial charge in [0.25, 0.3) is 0 Å². The monoisotopic (exact) mass is 156 g/mol. The van der Waals surface area contributed by atoms with E-state index in [1.165, 1.54) is 0 Å². The largest absolute Gasteiger partial charge is 0.508 e. The Labute approximate surface area is 67.4 Å². The molecule has 0 amide bonds. The summed E-state index contributed by atoms with van der Waals surface area (Å²) in [4.78, 5) is 0. The number of benzene rings is 1. The molecule has 0 aliphatic carbocycles. The second-order valence-corrected chi connectivity index (χ2v) is 1.74. The lowest BCUT2D eigenvalue weighted by molar-refractivity contribution is 0.475. The summed E-state index contributed by atoms with van der Waals surface area (Å²) >= 11 is 0. The molecule has 0 unspecified atom stereocenters. The number of para-hydroxylation sites is 1. The molecule has 0 atom stereocenters. The average molecular weight is 156 g/mol. The van der Waals surface area contributed by atoms with Gasteiger partial charge in [0.05, 0.1) is 0 Å². The molecule has 3 nitrogen and oxygen atoms in total. The first-order valence-corrected chi connectivity index (χ1v) is 3.25. The summed E-state index contributed by atoms with van der Waals surface area (Å²) in [6.07, 6.45) is 0. The number of hydrogen-bond acceptors (Lipinski definition) is 3. The lowest BCUT2D eigenvalue weighted by Crippen LogP contribution is -1.87. The minimum absolute atomic E-state index is 0. The topological polar surface area (TPSA) is 81.2 Å². The molecule has 0 saturated heterocycles. The van der Waals surface area contributed by atoms with E-state index in [4.69, 9.17) is 10.8 Å². The Kier molecular flexibility index (Phi) is 10.2. The molecule has 0 fully saturated rings. The molecule has 0 saturated carbocycles. The van der Waals surface area contributed by atoms with Crippen LogP contribution in [0.2, 0.25) is 0 Å². The van der Waals surface area contributed by atoms with Gasteiger partial charge in [-0.05, 0) is 18.7 Å². The predicted octanol–water partition coefficient (Wildman–Crippen LogP) is 1.52. The van der Waals surface area contributed by atoms with Crippen molar-refractivity contribution in [2.24, 2.45) is 5.73 Å². The van der Waals surface area contributed by atoms with Gasteiger partial charge in [-0.3, -0.25) is 0 Å². The van der Waals surface area contributed by atoms with E-state index in [0.717, 1.165) is 6.54 Å². The summed E-state index contributed by atoms with van der Waals surface area (Å²) in [6.45, 7) is 2.65. The maximum Gasteiger partial charge on any atom is 0.115 e. The molecule has 0 aliphatic rings.